The molecule has 2 saturated heterocycles. The van der Waals surface area contributed by atoms with Gasteiger partial charge in [0, 0.05) is 44.7 Å². The largest absolute Gasteiger partial charge is 0.387 e. The Morgan fingerprint density at radius 3 is 2.69 bits per heavy atom. The minimum atomic E-state index is -0.817. The number of rotatable bonds is 3. The summed E-state index contributed by atoms with van der Waals surface area (Å²) in [5, 5.41) is 12.0. The predicted molar refractivity (Wildman–Crippen MR) is 101 cm³/mol. The smallest absolute Gasteiger partial charge is 0.272 e. The molecule has 4 rings (SSSR count). The number of amides is 1. The summed E-state index contributed by atoms with van der Waals surface area (Å²) in [6.07, 6.45) is 0.624. The summed E-state index contributed by atoms with van der Waals surface area (Å²) in [5.41, 5.74) is 0.459. The van der Waals surface area contributed by atoms with Crippen molar-refractivity contribution < 1.29 is 9.90 Å². The summed E-state index contributed by atoms with van der Waals surface area (Å²) in [5.74, 6) is -0.0925. The molecule has 138 valence electrons. The van der Waals surface area contributed by atoms with Crippen LogP contribution in [-0.4, -0.2) is 89.2 Å². The van der Waals surface area contributed by atoms with Crippen molar-refractivity contribution in [2.45, 2.75) is 12.0 Å². The summed E-state index contributed by atoms with van der Waals surface area (Å²) in [6, 6.07) is 11.5. The Balaban J connectivity index is 1.42. The first-order valence-electron chi connectivity index (χ1n) is 9.31. The number of aliphatic hydroxyl groups is 1. The highest BCUT2D eigenvalue weighted by atomic mass is 16.3. The van der Waals surface area contributed by atoms with Gasteiger partial charge in [-0.25, -0.2) is 4.98 Å². The van der Waals surface area contributed by atoms with Gasteiger partial charge in [-0.2, -0.15) is 0 Å². The number of likely N-dealkylation sites (tertiary alicyclic amines) is 1. The average molecular weight is 354 g/mol. The molecule has 1 N–H and O–H groups in total. The number of benzene rings is 1. The lowest BCUT2D eigenvalue weighted by Crippen LogP contribution is -2.52. The van der Waals surface area contributed by atoms with E-state index >= 15 is 0 Å². The molecule has 26 heavy (non-hydrogen) atoms. The van der Waals surface area contributed by atoms with Gasteiger partial charge in [0.05, 0.1) is 17.7 Å². The van der Waals surface area contributed by atoms with Crippen molar-refractivity contribution >= 4 is 16.8 Å². The van der Waals surface area contributed by atoms with E-state index in [1.165, 1.54) is 0 Å². The molecule has 3 heterocycles. The van der Waals surface area contributed by atoms with Crippen LogP contribution in [0.2, 0.25) is 0 Å². The maximum atomic E-state index is 12.8. The van der Waals surface area contributed by atoms with Crippen LogP contribution in [0.5, 0.6) is 0 Å². The van der Waals surface area contributed by atoms with Gasteiger partial charge in [0.25, 0.3) is 5.91 Å². The number of nitrogens with zero attached hydrogens (tertiary/aromatic N) is 4. The number of carbonyl (C=O) groups is 1. The lowest BCUT2D eigenvalue weighted by molar-refractivity contribution is 0.000483. The molecule has 2 aromatic rings. The van der Waals surface area contributed by atoms with E-state index in [9.17, 15) is 9.90 Å². The third-order valence-corrected chi connectivity index (χ3v) is 5.55. The van der Waals surface area contributed by atoms with E-state index in [0.717, 1.165) is 37.1 Å². The van der Waals surface area contributed by atoms with Gasteiger partial charge in [0.2, 0.25) is 0 Å². The van der Waals surface area contributed by atoms with Crippen molar-refractivity contribution in [3.63, 3.8) is 0 Å². The number of para-hydroxylation sites is 1. The number of piperazine rings is 1. The molecule has 0 radical (unpaired) electrons. The molecular weight excluding hydrogens is 328 g/mol. The molecule has 1 atom stereocenters. The fourth-order valence-electron chi connectivity index (χ4n) is 3.93. The second-order valence-electron chi connectivity index (χ2n) is 7.67. The number of carbonyl (C=O) groups excluding carboxylic acids is 1. The van der Waals surface area contributed by atoms with Gasteiger partial charge >= 0.3 is 0 Å². The second-order valence-corrected chi connectivity index (χ2v) is 7.67. The quantitative estimate of drug-likeness (QED) is 0.893. The highest BCUT2D eigenvalue weighted by Gasteiger charge is 2.40. The third kappa shape index (κ3) is 3.58. The lowest BCUT2D eigenvalue weighted by atomic mass is 10.0. The van der Waals surface area contributed by atoms with E-state index < -0.39 is 5.60 Å². The molecule has 1 amide bonds. The molecule has 6 nitrogen and oxygen atoms in total. The average Bonchev–Trinajstić information content (AvgIpc) is 3.04. The first kappa shape index (κ1) is 17.4. The Bertz CT molecular complexity index is 803. The molecule has 6 heteroatoms. The topological polar surface area (TPSA) is 59.9 Å². The van der Waals surface area contributed by atoms with E-state index in [2.05, 4.69) is 21.8 Å². The Labute approximate surface area is 154 Å². The number of likely N-dealkylation sites (N-methyl/N-ethyl adjacent to an activating group) is 1. The van der Waals surface area contributed by atoms with Crippen LogP contribution >= 0.6 is 0 Å². The number of pyridine rings is 1. The Morgan fingerprint density at radius 2 is 1.88 bits per heavy atom. The fraction of sp³-hybridized carbons (Fsp3) is 0.500. The molecule has 2 aliphatic heterocycles. The molecular formula is C20H26N4O2. The van der Waals surface area contributed by atoms with E-state index in [-0.39, 0.29) is 5.91 Å². The van der Waals surface area contributed by atoms with Crippen LogP contribution in [0.4, 0.5) is 0 Å². The first-order chi connectivity index (χ1) is 12.5. The maximum absolute atomic E-state index is 12.8. The van der Waals surface area contributed by atoms with E-state index in [1.54, 1.807) is 11.0 Å². The molecule has 0 aliphatic carbocycles. The minimum absolute atomic E-state index is 0.0925. The standard InChI is InChI=1S/C20H26N4O2/c1-22-10-12-23(13-11-22)14-20(26)8-9-24(15-20)19(25)18-7-6-16-4-2-3-5-17(16)21-18/h2-7,26H,8-15H2,1H3. The van der Waals surface area contributed by atoms with Crippen LogP contribution in [0.3, 0.4) is 0 Å². The number of β-amino-alcohol motifs (C(OH)–C–C–N with tert-alkyl or cyclic N) is 1. The van der Waals surface area contributed by atoms with E-state index in [4.69, 9.17) is 0 Å². The summed E-state index contributed by atoms with van der Waals surface area (Å²) < 4.78 is 0. The maximum Gasteiger partial charge on any atom is 0.272 e. The zero-order chi connectivity index (χ0) is 18.1. The SMILES string of the molecule is CN1CCN(CC2(O)CCN(C(=O)c3ccc4ccccc4n3)C2)CC1. The molecule has 2 fully saturated rings. The minimum Gasteiger partial charge on any atom is -0.387 e. The summed E-state index contributed by atoms with van der Waals surface area (Å²) in [6.45, 7) is 5.59. The predicted octanol–water partition coefficient (Wildman–Crippen LogP) is 1.06. The molecule has 0 bridgehead atoms. The van der Waals surface area contributed by atoms with Gasteiger partial charge in [-0.15, -0.1) is 0 Å². The summed E-state index contributed by atoms with van der Waals surface area (Å²) >= 11 is 0. The van der Waals surface area contributed by atoms with Crippen molar-refractivity contribution in [3.8, 4) is 0 Å². The Morgan fingerprint density at radius 1 is 1.12 bits per heavy atom. The normalized spacial score (nSPS) is 25.1. The molecule has 0 saturated carbocycles. The number of fused-ring (bicyclic) bond motifs is 1. The van der Waals surface area contributed by atoms with E-state index in [1.807, 2.05) is 30.3 Å². The monoisotopic (exact) mass is 354 g/mol. The number of hydrogen-bond donors (Lipinski definition) is 1. The van der Waals surface area contributed by atoms with Crippen molar-refractivity contribution in [1.82, 2.24) is 19.7 Å². The second kappa shape index (κ2) is 6.95. The van der Waals surface area contributed by atoms with Gasteiger partial charge in [0.1, 0.15) is 5.69 Å². The molecule has 1 unspecified atom stereocenters. The lowest BCUT2D eigenvalue weighted by Gasteiger charge is -2.36. The van der Waals surface area contributed by atoms with Crippen molar-refractivity contribution in [3.05, 3.63) is 42.1 Å². The molecule has 1 aromatic heterocycles. The highest BCUT2D eigenvalue weighted by molar-refractivity contribution is 5.95. The zero-order valence-corrected chi connectivity index (χ0v) is 15.3. The third-order valence-electron chi connectivity index (χ3n) is 5.55. The van der Waals surface area contributed by atoms with Crippen molar-refractivity contribution in [2.24, 2.45) is 0 Å². The van der Waals surface area contributed by atoms with Crippen LogP contribution in [0.1, 0.15) is 16.9 Å². The number of hydrogen-bond acceptors (Lipinski definition) is 5. The van der Waals surface area contributed by atoms with Crippen LogP contribution in [0, 0.1) is 0 Å². The summed E-state index contributed by atoms with van der Waals surface area (Å²) in [4.78, 5) is 23.7. The highest BCUT2D eigenvalue weighted by Crippen LogP contribution is 2.25. The zero-order valence-electron chi connectivity index (χ0n) is 15.3. The van der Waals surface area contributed by atoms with Crippen LogP contribution in [0.25, 0.3) is 10.9 Å². The van der Waals surface area contributed by atoms with Crippen LogP contribution < -0.4 is 0 Å². The Hall–Kier alpha value is -2.02. The fourth-order valence-corrected chi connectivity index (χ4v) is 3.93. The van der Waals surface area contributed by atoms with E-state index in [0.29, 0.717) is 31.7 Å². The summed E-state index contributed by atoms with van der Waals surface area (Å²) in [7, 11) is 2.12. The Kier molecular flexibility index (Phi) is 4.65. The van der Waals surface area contributed by atoms with Gasteiger partial charge in [-0.05, 0) is 25.6 Å². The van der Waals surface area contributed by atoms with Crippen LogP contribution in [0.15, 0.2) is 36.4 Å². The van der Waals surface area contributed by atoms with Crippen LogP contribution in [-0.2, 0) is 0 Å². The molecule has 0 spiro atoms. The first-order valence-corrected chi connectivity index (χ1v) is 9.31. The van der Waals surface area contributed by atoms with Gasteiger partial charge in [-0.1, -0.05) is 24.3 Å². The van der Waals surface area contributed by atoms with Crippen molar-refractivity contribution in [1.29, 1.82) is 0 Å². The molecule has 1 aromatic carbocycles. The van der Waals surface area contributed by atoms with Gasteiger partial charge in [0.15, 0.2) is 0 Å². The van der Waals surface area contributed by atoms with Gasteiger partial charge < -0.3 is 14.9 Å². The van der Waals surface area contributed by atoms with Crippen molar-refractivity contribution in [2.75, 3.05) is 52.9 Å². The molecule has 2 aliphatic rings. The van der Waals surface area contributed by atoms with Gasteiger partial charge in [-0.3, -0.25) is 9.69 Å². The number of aromatic nitrogens is 1.